The number of carboxylic acid groups (broad SMARTS) is 1. The van der Waals surface area contributed by atoms with Gasteiger partial charge in [0.05, 0.1) is 18.2 Å². The molecule has 1 aliphatic rings. The fourth-order valence-electron chi connectivity index (χ4n) is 2.37. The number of carbonyl (C=O) groups excluding carboxylic acids is 1. The van der Waals surface area contributed by atoms with Crippen molar-refractivity contribution >= 4 is 11.9 Å². The van der Waals surface area contributed by atoms with Crippen molar-refractivity contribution in [3.05, 3.63) is 23.8 Å². The molecule has 6 heteroatoms. The molecular formula is C13H17N3O3. The minimum absolute atomic E-state index is 0.0833. The van der Waals surface area contributed by atoms with Crippen LogP contribution in [0.15, 0.2) is 12.3 Å². The van der Waals surface area contributed by atoms with E-state index in [1.54, 1.807) is 19.2 Å². The van der Waals surface area contributed by atoms with Crippen molar-refractivity contribution in [2.45, 2.75) is 32.7 Å². The molecule has 1 aromatic rings. The van der Waals surface area contributed by atoms with Gasteiger partial charge in [-0.3, -0.25) is 9.59 Å². The first-order chi connectivity index (χ1) is 9.06. The van der Waals surface area contributed by atoms with Crippen LogP contribution < -0.4 is 5.32 Å². The predicted octanol–water partition coefficient (Wildman–Crippen LogP) is 0.902. The molecule has 6 nitrogen and oxygen atoms in total. The lowest BCUT2D eigenvalue weighted by atomic mass is 10.0. The molecule has 1 amide bonds. The third-order valence-corrected chi connectivity index (χ3v) is 3.43. The Morgan fingerprint density at radius 3 is 2.79 bits per heavy atom. The van der Waals surface area contributed by atoms with Crippen LogP contribution in [0.5, 0.6) is 0 Å². The van der Waals surface area contributed by atoms with Crippen LogP contribution in [0.3, 0.4) is 0 Å². The Bertz CT molecular complexity index is 490. The number of aromatic nitrogens is 2. The molecule has 0 saturated heterocycles. The minimum atomic E-state index is -0.804. The number of hydrogen-bond donors (Lipinski definition) is 2. The third kappa shape index (κ3) is 3.49. The molecule has 1 saturated carbocycles. The van der Waals surface area contributed by atoms with Crippen LogP contribution in [0.25, 0.3) is 0 Å². The predicted molar refractivity (Wildman–Crippen MR) is 67.1 cm³/mol. The number of nitrogens with zero attached hydrogens (tertiary/aromatic N) is 2. The van der Waals surface area contributed by atoms with Gasteiger partial charge < -0.3 is 10.4 Å². The van der Waals surface area contributed by atoms with E-state index in [0.717, 1.165) is 5.69 Å². The maximum Gasteiger partial charge on any atom is 0.306 e. The normalized spacial score (nSPS) is 22.2. The summed E-state index contributed by atoms with van der Waals surface area (Å²) in [7, 11) is 0. The van der Waals surface area contributed by atoms with E-state index in [4.69, 9.17) is 5.11 Å². The van der Waals surface area contributed by atoms with Crippen LogP contribution in [-0.2, 0) is 16.1 Å². The number of carbonyl (C=O) groups is 2. The van der Waals surface area contributed by atoms with Gasteiger partial charge in [0.15, 0.2) is 0 Å². The molecule has 1 heterocycles. The molecule has 2 atom stereocenters. The molecule has 1 aromatic heterocycles. The molecule has 0 aromatic carbocycles. The van der Waals surface area contributed by atoms with Crippen molar-refractivity contribution in [1.29, 1.82) is 0 Å². The summed E-state index contributed by atoms with van der Waals surface area (Å²) in [6.07, 6.45) is 3.31. The first-order valence-electron chi connectivity index (χ1n) is 6.35. The van der Waals surface area contributed by atoms with Crippen LogP contribution in [-0.4, -0.2) is 27.0 Å². The highest BCUT2D eigenvalue weighted by atomic mass is 16.4. The molecule has 2 rings (SSSR count). The summed E-state index contributed by atoms with van der Waals surface area (Å²) in [5.41, 5.74) is 0.758. The Hall–Kier alpha value is -1.98. The second-order valence-corrected chi connectivity index (χ2v) is 4.86. The summed E-state index contributed by atoms with van der Waals surface area (Å²) in [5.74, 6) is -0.790. The number of nitrogens with one attached hydrogen (secondary N) is 1. The Morgan fingerprint density at radius 2 is 2.16 bits per heavy atom. The fraction of sp³-hybridized carbons (Fsp3) is 0.538. The highest BCUT2D eigenvalue weighted by Gasteiger charge is 2.33. The topological polar surface area (TPSA) is 92.2 Å². The molecule has 0 bridgehead atoms. The van der Waals surface area contributed by atoms with Crippen LogP contribution >= 0.6 is 0 Å². The zero-order chi connectivity index (χ0) is 13.8. The van der Waals surface area contributed by atoms with Crippen molar-refractivity contribution < 1.29 is 14.7 Å². The average Bonchev–Trinajstić information content (AvgIpc) is 2.86. The number of carboxylic acids is 1. The van der Waals surface area contributed by atoms with Gasteiger partial charge in [0, 0.05) is 12.1 Å². The monoisotopic (exact) mass is 263 g/mol. The van der Waals surface area contributed by atoms with Crippen molar-refractivity contribution in [1.82, 2.24) is 15.3 Å². The first-order valence-corrected chi connectivity index (χ1v) is 6.35. The first kappa shape index (κ1) is 13.5. The summed E-state index contributed by atoms with van der Waals surface area (Å²) in [5, 5.41) is 11.7. The zero-order valence-corrected chi connectivity index (χ0v) is 10.8. The average molecular weight is 263 g/mol. The van der Waals surface area contributed by atoms with E-state index in [1.165, 1.54) is 0 Å². The van der Waals surface area contributed by atoms with Crippen molar-refractivity contribution in [3.63, 3.8) is 0 Å². The van der Waals surface area contributed by atoms with Crippen LogP contribution in [0.1, 0.15) is 30.8 Å². The largest absolute Gasteiger partial charge is 0.481 e. The lowest BCUT2D eigenvalue weighted by molar-refractivity contribution is -0.141. The minimum Gasteiger partial charge on any atom is -0.481 e. The van der Waals surface area contributed by atoms with E-state index in [0.29, 0.717) is 31.6 Å². The van der Waals surface area contributed by atoms with E-state index in [1.807, 2.05) is 0 Å². The summed E-state index contributed by atoms with van der Waals surface area (Å²) >= 11 is 0. The second kappa shape index (κ2) is 5.77. The number of aryl methyl sites for hydroxylation is 1. The van der Waals surface area contributed by atoms with Crippen molar-refractivity contribution in [2.24, 2.45) is 11.8 Å². The smallest absolute Gasteiger partial charge is 0.306 e. The number of hydrogen-bond acceptors (Lipinski definition) is 4. The van der Waals surface area contributed by atoms with Gasteiger partial charge in [0.25, 0.3) is 0 Å². The molecule has 1 fully saturated rings. The molecule has 0 aliphatic heterocycles. The van der Waals surface area contributed by atoms with E-state index < -0.39 is 5.97 Å². The van der Waals surface area contributed by atoms with E-state index >= 15 is 0 Å². The quantitative estimate of drug-likeness (QED) is 0.842. The molecule has 0 radical (unpaired) electrons. The van der Waals surface area contributed by atoms with Gasteiger partial charge in [-0.25, -0.2) is 9.97 Å². The molecule has 2 N–H and O–H groups in total. The Labute approximate surface area is 111 Å². The maximum absolute atomic E-state index is 11.9. The lowest BCUT2D eigenvalue weighted by Gasteiger charge is -2.10. The number of aliphatic carboxylic acids is 1. The molecule has 1 aliphatic carbocycles. The molecular weight excluding hydrogens is 246 g/mol. The van der Waals surface area contributed by atoms with Gasteiger partial charge in [-0.1, -0.05) is 0 Å². The molecule has 102 valence electrons. The van der Waals surface area contributed by atoms with E-state index in [-0.39, 0.29) is 17.7 Å². The third-order valence-electron chi connectivity index (χ3n) is 3.43. The Morgan fingerprint density at radius 1 is 1.42 bits per heavy atom. The molecule has 0 unspecified atom stereocenters. The lowest BCUT2D eigenvalue weighted by Crippen LogP contribution is -2.29. The van der Waals surface area contributed by atoms with Crippen LogP contribution in [0.4, 0.5) is 0 Å². The standard InChI is InChI=1S/C13H17N3O3/c1-8-14-5-4-11(16-8)7-15-12(17)9-2-3-10(6-9)13(18)19/h4-5,9-10H,2-3,6-7H2,1H3,(H,15,17)(H,18,19)/t9-,10+/m1/s1. The second-order valence-electron chi connectivity index (χ2n) is 4.86. The Balaban J connectivity index is 1.84. The number of rotatable bonds is 4. The summed E-state index contributed by atoms with van der Waals surface area (Å²) < 4.78 is 0. The number of amides is 1. The molecule has 19 heavy (non-hydrogen) atoms. The fourth-order valence-corrected chi connectivity index (χ4v) is 2.37. The van der Waals surface area contributed by atoms with Gasteiger partial charge in [0.1, 0.15) is 5.82 Å². The van der Waals surface area contributed by atoms with Gasteiger partial charge in [0.2, 0.25) is 5.91 Å². The molecule has 0 spiro atoms. The van der Waals surface area contributed by atoms with Gasteiger partial charge >= 0.3 is 5.97 Å². The van der Waals surface area contributed by atoms with Crippen molar-refractivity contribution in [2.75, 3.05) is 0 Å². The Kier molecular flexibility index (Phi) is 4.09. The summed E-state index contributed by atoms with van der Waals surface area (Å²) in [6, 6.07) is 1.75. The zero-order valence-electron chi connectivity index (χ0n) is 10.8. The highest BCUT2D eigenvalue weighted by molar-refractivity contribution is 5.80. The van der Waals surface area contributed by atoms with Gasteiger partial charge in [-0.2, -0.15) is 0 Å². The summed E-state index contributed by atoms with van der Waals surface area (Å²) in [6.45, 7) is 2.15. The maximum atomic E-state index is 11.9. The van der Waals surface area contributed by atoms with Gasteiger partial charge in [-0.15, -0.1) is 0 Å². The summed E-state index contributed by atoms with van der Waals surface area (Å²) in [4.78, 5) is 30.9. The highest BCUT2D eigenvalue weighted by Crippen LogP contribution is 2.31. The van der Waals surface area contributed by atoms with E-state index in [2.05, 4.69) is 15.3 Å². The van der Waals surface area contributed by atoms with E-state index in [9.17, 15) is 9.59 Å². The SMILES string of the molecule is Cc1nccc(CNC(=O)[C@@H]2CC[C@H](C(=O)O)C2)n1. The van der Waals surface area contributed by atoms with Crippen molar-refractivity contribution in [3.8, 4) is 0 Å². The van der Waals surface area contributed by atoms with Gasteiger partial charge in [-0.05, 0) is 32.3 Å². The van der Waals surface area contributed by atoms with Crippen LogP contribution in [0, 0.1) is 18.8 Å². The van der Waals surface area contributed by atoms with Crippen LogP contribution in [0.2, 0.25) is 0 Å².